The van der Waals surface area contributed by atoms with Gasteiger partial charge >= 0.3 is 0 Å². The molecule has 0 saturated heterocycles. The number of ether oxygens (including phenoxy) is 2. The number of benzene rings is 2. The van der Waals surface area contributed by atoms with Crippen molar-refractivity contribution in [3.05, 3.63) is 71.8 Å². The lowest BCUT2D eigenvalue weighted by atomic mass is 9.98. The highest BCUT2D eigenvalue weighted by Crippen LogP contribution is 2.21. The minimum atomic E-state index is -0.532. The maximum absolute atomic E-state index is 13.0. The van der Waals surface area contributed by atoms with Crippen LogP contribution in [0.3, 0.4) is 0 Å². The van der Waals surface area contributed by atoms with Gasteiger partial charge in [0.25, 0.3) is 0 Å². The Balaban J connectivity index is 1.99. The van der Waals surface area contributed by atoms with Crippen molar-refractivity contribution in [3.8, 4) is 0 Å². The van der Waals surface area contributed by atoms with Crippen molar-refractivity contribution in [1.82, 2.24) is 5.32 Å². The molecule has 0 aliphatic rings. The van der Waals surface area contributed by atoms with E-state index in [2.05, 4.69) is 31.3 Å². The Morgan fingerprint density at radius 3 is 1.56 bits per heavy atom. The van der Waals surface area contributed by atoms with Crippen molar-refractivity contribution < 1.29 is 19.4 Å². The number of aliphatic hydroxyl groups excluding tert-OH is 1. The molecular formula is C40H65NO4. The maximum Gasteiger partial charge on any atom is 0.220 e. The minimum Gasteiger partial charge on any atom is -0.394 e. The van der Waals surface area contributed by atoms with E-state index < -0.39 is 12.1 Å². The number of carbonyl (C=O) groups excluding carboxylic acids is 1. The van der Waals surface area contributed by atoms with Gasteiger partial charge in [0.15, 0.2) is 0 Å². The molecule has 2 aromatic carbocycles. The molecule has 0 heterocycles. The SMILES string of the molecule is CCCCCCCCCCCCCC[C@@H](OCc1ccccc1)[C@@H](OCc1ccccc1)[C@H](CO)NC(=O)CCCCCCC. The summed E-state index contributed by atoms with van der Waals surface area (Å²) in [7, 11) is 0. The first-order valence-electron chi connectivity index (χ1n) is 18.4. The van der Waals surface area contributed by atoms with E-state index >= 15 is 0 Å². The molecule has 1 amide bonds. The number of aliphatic hydroxyl groups is 1. The van der Waals surface area contributed by atoms with Crippen LogP contribution in [0.4, 0.5) is 0 Å². The lowest BCUT2D eigenvalue weighted by molar-refractivity contribution is -0.130. The van der Waals surface area contributed by atoms with E-state index in [0.717, 1.165) is 49.7 Å². The molecule has 254 valence electrons. The predicted octanol–water partition coefficient (Wildman–Crippen LogP) is 10.1. The van der Waals surface area contributed by atoms with Gasteiger partial charge in [-0.1, -0.05) is 177 Å². The summed E-state index contributed by atoms with van der Waals surface area (Å²) in [5.74, 6) is -0.0222. The molecule has 0 bridgehead atoms. The van der Waals surface area contributed by atoms with E-state index in [1.807, 2.05) is 48.5 Å². The van der Waals surface area contributed by atoms with Crippen LogP contribution in [0.2, 0.25) is 0 Å². The number of hydrogen-bond acceptors (Lipinski definition) is 4. The van der Waals surface area contributed by atoms with Gasteiger partial charge in [-0.2, -0.15) is 0 Å². The van der Waals surface area contributed by atoms with Crippen LogP contribution in [0.25, 0.3) is 0 Å². The first-order chi connectivity index (χ1) is 22.2. The van der Waals surface area contributed by atoms with Gasteiger partial charge in [0.1, 0.15) is 6.10 Å². The zero-order chi connectivity index (χ0) is 32.2. The Bertz CT molecular complexity index is 938. The van der Waals surface area contributed by atoms with Crippen molar-refractivity contribution in [3.63, 3.8) is 0 Å². The molecule has 45 heavy (non-hydrogen) atoms. The third-order valence-corrected chi connectivity index (χ3v) is 8.75. The van der Waals surface area contributed by atoms with Gasteiger partial charge in [0.05, 0.1) is 32.0 Å². The number of carbonyl (C=O) groups is 1. The van der Waals surface area contributed by atoms with E-state index in [0.29, 0.717) is 19.6 Å². The quantitative estimate of drug-likeness (QED) is 0.0885. The van der Waals surface area contributed by atoms with Crippen LogP contribution < -0.4 is 5.32 Å². The Labute approximate surface area is 275 Å². The number of amides is 1. The summed E-state index contributed by atoms with van der Waals surface area (Å²) in [4.78, 5) is 13.0. The fourth-order valence-electron chi connectivity index (χ4n) is 5.96. The molecule has 0 spiro atoms. The fourth-order valence-corrected chi connectivity index (χ4v) is 5.96. The second-order valence-electron chi connectivity index (χ2n) is 12.8. The van der Waals surface area contributed by atoms with Gasteiger partial charge in [-0.25, -0.2) is 0 Å². The van der Waals surface area contributed by atoms with Crippen molar-refractivity contribution in [1.29, 1.82) is 0 Å². The highest BCUT2D eigenvalue weighted by atomic mass is 16.5. The maximum atomic E-state index is 13.0. The fraction of sp³-hybridized carbons (Fsp3) is 0.675. The lowest BCUT2D eigenvalue weighted by Gasteiger charge is -2.33. The topological polar surface area (TPSA) is 67.8 Å². The molecule has 0 radical (unpaired) electrons. The number of nitrogens with one attached hydrogen (secondary N) is 1. The standard InChI is InChI=1S/C40H65NO4/c1-3-5-7-9-10-11-12-13-14-15-17-24-30-38(44-33-35-26-20-18-21-27-35)40(45-34-36-28-22-19-23-29-36)37(32-42)41-39(43)31-25-16-8-6-4-2/h18-23,26-29,37-38,40,42H,3-17,24-25,30-34H2,1-2H3,(H,41,43)/t37-,38+,40-/m0/s1. The number of hydrogen-bond donors (Lipinski definition) is 2. The monoisotopic (exact) mass is 623 g/mol. The minimum absolute atomic E-state index is 0.0222. The second kappa shape index (κ2) is 27.0. The summed E-state index contributed by atoms with van der Waals surface area (Å²) >= 11 is 0. The largest absolute Gasteiger partial charge is 0.394 e. The van der Waals surface area contributed by atoms with Gasteiger partial charge in [0.2, 0.25) is 5.91 Å². The molecule has 0 saturated carbocycles. The third kappa shape index (κ3) is 19.1. The van der Waals surface area contributed by atoms with Crippen LogP contribution >= 0.6 is 0 Å². The summed E-state index contributed by atoms with van der Waals surface area (Å²) in [6.45, 7) is 5.15. The lowest BCUT2D eigenvalue weighted by Crippen LogP contribution is -2.52. The first kappa shape index (κ1) is 39.0. The second-order valence-corrected chi connectivity index (χ2v) is 12.8. The van der Waals surface area contributed by atoms with E-state index in [9.17, 15) is 9.90 Å². The molecule has 0 aliphatic heterocycles. The molecule has 0 aliphatic carbocycles. The third-order valence-electron chi connectivity index (χ3n) is 8.75. The van der Waals surface area contributed by atoms with Gasteiger partial charge in [-0.15, -0.1) is 0 Å². The molecule has 2 aromatic rings. The van der Waals surface area contributed by atoms with Crippen LogP contribution in [0.1, 0.15) is 147 Å². The molecule has 2 N–H and O–H groups in total. The van der Waals surface area contributed by atoms with Crippen LogP contribution in [0.5, 0.6) is 0 Å². The van der Waals surface area contributed by atoms with Crippen molar-refractivity contribution >= 4 is 5.91 Å². The molecule has 0 aromatic heterocycles. The molecule has 0 unspecified atom stereocenters. The Morgan fingerprint density at radius 1 is 0.622 bits per heavy atom. The van der Waals surface area contributed by atoms with Gasteiger partial charge in [-0.3, -0.25) is 4.79 Å². The average Bonchev–Trinajstić information content (AvgIpc) is 3.07. The molecule has 3 atom stereocenters. The molecule has 5 heteroatoms. The normalized spacial score (nSPS) is 13.4. The number of rotatable bonds is 29. The zero-order valence-electron chi connectivity index (χ0n) is 28.7. The average molecular weight is 624 g/mol. The summed E-state index contributed by atoms with van der Waals surface area (Å²) < 4.78 is 13.1. The molecular weight excluding hydrogens is 558 g/mol. The van der Waals surface area contributed by atoms with Crippen LogP contribution in [-0.2, 0) is 27.5 Å². The van der Waals surface area contributed by atoms with E-state index in [4.69, 9.17) is 9.47 Å². The highest BCUT2D eigenvalue weighted by Gasteiger charge is 2.32. The van der Waals surface area contributed by atoms with Crippen LogP contribution in [0, 0.1) is 0 Å². The van der Waals surface area contributed by atoms with E-state index in [1.165, 1.54) is 77.0 Å². The van der Waals surface area contributed by atoms with Crippen molar-refractivity contribution in [2.75, 3.05) is 6.61 Å². The predicted molar refractivity (Wildman–Crippen MR) is 188 cm³/mol. The summed E-state index contributed by atoms with van der Waals surface area (Å²) in [6, 6.07) is 19.8. The van der Waals surface area contributed by atoms with Gasteiger partial charge in [-0.05, 0) is 24.0 Å². The Kier molecular flexibility index (Phi) is 23.3. The summed E-state index contributed by atoms with van der Waals surface area (Å²) in [5.41, 5.74) is 2.17. The molecule has 2 rings (SSSR count). The van der Waals surface area contributed by atoms with Crippen molar-refractivity contribution in [2.45, 2.75) is 167 Å². The first-order valence-corrected chi connectivity index (χ1v) is 18.4. The van der Waals surface area contributed by atoms with E-state index in [1.54, 1.807) is 0 Å². The summed E-state index contributed by atoms with van der Waals surface area (Å²) in [6.07, 6.45) is 21.6. The van der Waals surface area contributed by atoms with Gasteiger partial charge < -0.3 is 19.9 Å². The van der Waals surface area contributed by atoms with Crippen LogP contribution in [0.15, 0.2) is 60.7 Å². The number of unbranched alkanes of at least 4 members (excludes halogenated alkanes) is 15. The van der Waals surface area contributed by atoms with Crippen LogP contribution in [-0.4, -0.2) is 35.9 Å². The Hall–Kier alpha value is -2.21. The molecule has 5 nitrogen and oxygen atoms in total. The molecule has 0 fully saturated rings. The zero-order valence-corrected chi connectivity index (χ0v) is 28.7. The van der Waals surface area contributed by atoms with Gasteiger partial charge in [0, 0.05) is 6.42 Å². The highest BCUT2D eigenvalue weighted by molar-refractivity contribution is 5.76. The summed E-state index contributed by atoms with van der Waals surface area (Å²) in [5, 5.41) is 13.7. The smallest absolute Gasteiger partial charge is 0.220 e. The Morgan fingerprint density at radius 2 is 1.07 bits per heavy atom. The van der Waals surface area contributed by atoms with E-state index in [-0.39, 0.29) is 18.6 Å². The van der Waals surface area contributed by atoms with Crippen molar-refractivity contribution in [2.24, 2.45) is 0 Å².